The first-order valence-electron chi connectivity index (χ1n) is 7.12. The molecule has 2 aliphatic heterocycles. The highest BCUT2D eigenvalue weighted by Gasteiger charge is 2.34. The Morgan fingerprint density at radius 2 is 1.76 bits per heavy atom. The van der Waals surface area contributed by atoms with Crippen LogP contribution in [0.4, 0.5) is 0 Å². The third-order valence-electron chi connectivity index (χ3n) is 4.37. The molecule has 1 amide bonds. The molecule has 3 nitrogen and oxygen atoms in total. The van der Waals surface area contributed by atoms with E-state index in [0.717, 1.165) is 19.5 Å². The Balaban J connectivity index is 2.02. The maximum absolute atomic E-state index is 12.6. The molecule has 2 heterocycles. The van der Waals surface area contributed by atoms with Crippen molar-refractivity contribution in [3.63, 3.8) is 0 Å². The van der Waals surface area contributed by atoms with Crippen LogP contribution < -0.4 is 5.32 Å². The summed E-state index contributed by atoms with van der Waals surface area (Å²) in [7, 11) is 0. The molecule has 0 aromatic rings. The Kier molecular flexibility index (Phi) is 4.08. The van der Waals surface area contributed by atoms with Gasteiger partial charge in [0.15, 0.2) is 0 Å². The van der Waals surface area contributed by atoms with Gasteiger partial charge < -0.3 is 10.2 Å². The normalized spacial score (nSPS) is 39.1. The molecule has 0 aromatic heterocycles. The summed E-state index contributed by atoms with van der Waals surface area (Å²) in [6.45, 7) is 8.57. The standard InChI is InChI=1S/C14H26N2O/c1-10-7-13(9-15-8-10)14(17)16-11(2)5-4-6-12(16)3/h10-13,15H,4-9H2,1-3H3/t10?,11-,12+,13?. The predicted molar refractivity (Wildman–Crippen MR) is 69.8 cm³/mol. The van der Waals surface area contributed by atoms with E-state index in [9.17, 15) is 4.79 Å². The van der Waals surface area contributed by atoms with Gasteiger partial charge >= 0.3 is 0 Å². The minimum absolute atomic E-state index is 0.210. The van der Waals surface area contributed by atoms with Gasteiger partial charge in [0.1, 0.15) is 0 Å². The minimum Gasteiger partial charge on any atom is -0.337 e. The summed E-state index contributed by atoms with van der Waals surface area (Å²) in [5.74, 6) is 1.23. The van der Waals surface area contributed by atoms with E-state index in [-0.39, 0.29) is 5.92 Å². The molecular formula is C14H26N2O. The maximum Gasteiger partial charge on any atom is 0.227 e. The zero-order valence-corrected chi connectivity index (χ0v) is 11.4. The monoisotopic (exact) mass is 238 g/mol. The number of hydrogen-bond donors (Lipinski definition) is 1. The predicted octanol–water partition coefficient (Wildman–Crippen LogP) is 2.02. The van der Waals surface area contributed by atoms with Crippen LogP contribution in [0.5, 0.6) is 0 Å². The van der Waals surface area contributed by atoms with Crippen LogP contribution in [-0.4, -0.2) is 36.0 Å². The van der Waals surface area contributed by atoms with Crippen LogP contribution in [-0.2, 0) is 4.79 Å². The summed E-state index contributed by atoms with van der Waals surface area (Å²) in [4.78, 5) is 14.8. The number of carbonyl (C=O) groups excluding carboxylic acids is 1. The van der Waals surface area contributed by atoms with Gasteiger partial charge in [0.05, 0.1) is 5.92 Å². The van der Waals surface area contributed by atoms with Crippen LogP contribution in [0.25, 0.3) is 0 Å². The lowest BCUT2D eigenvalue weighted by Crippen LogP contribution is -2.53. The number of hydrogen-bond acceptors (Lipinski definition) is 2. The largest absolute Gasteiger partial charge is 0.337 e. The summed E-state index contributed by atoms with van der Waals surface area (Å²) in [5, 5.41) is 3.39. The molecule has 98 valence electrons. The molecule has 3 heteroatoms. The lowest BCUT2D eigenvalue weighted by atomic mass is 9.88. The molecule has 2 aliphatic rings. The van der Waals surface area contributed by atoms with E-state index in [4.69, 9.17) is 0 Å². The fourth-order valence-corrected chi connectivity index (χ4v) is 3.41. The van der Waals surface area contributed by atoms with Crippen molar-refractivity contribution in [1.82, 2.24) is 10.2 Å². The Labute approximate surface area is 105 Å². The van der Waals surface area contributed by atoms with Crippen molar-refractivity contribution in [2.75, 3.05) is 13.1 Å². The van der Waals surface area contributed by atoms with Crippen molar-refractivity contribution in [2.45, 2.75) is 58.5 Å². The van der Waals surface area contributed by atoms with Crippen LogP contribution in [0.15, 0.2) is 0 Å². The molecule has 4 atom stereocenters. The highest BCUT2D eigenvalue weighted by atomic mass is 16.2. The van der Waals surface area contributed by atoms with Crippen LogP contribution in [0.1, 0.15) is 46.5 Å². The van der Waals surface area contributed by atoms with Gasteiger partial charge in [-0.25, -0.2) is 0 Å². The maximum atomic E-state index is 12.6. The molecule has 2 unspecified atom stereocenters. The van der Waals surface area contributed by atoms with Crippen LogP contribution in [0.2, 0.25) is 0 Å². The number of amides is 1. The molecule has 2 saturated heterocycles. The van der Waals surface area contributed by atoms with E-state index in [2.05, 4.69) is 31.0 Å². The second kappa shape index (κ2) is 5.38. The first-order chi connectivity index (χ1) is 8.09. The fraction of sp³-hybridized carbons (Fsp3) is 0.929. The van der Waals surface area contributed by atoms with Crippen molar-refractivity contribution in [1.29, 1.82) is 0 Å². The number of rotatable bonds is 1. The fourth-order valence-electron chi connectivity index (χ4n) is 3.41. The topological polar surface area (TPSA) is 32.3 Å². The lowest BCUT2D eigenvalue weighted by molar-refractivity contribution is -0.142. The molecule has 0 saturated carbocycles. The second-order valence-electron chi connectivity index (χ2n) is 6.07. The van der Waals surface area contributed by atoms with E-state index < -0.39 is 0 Å². The molecule has 1 N–H and O–H groups in total. The molecule has 0 aliphatic carbocycles. The molecule has 2 fully saturated rings. The number of nitrogens with zero attached hydrogens (tertiary/aromatic N) is 1. The molecule has 2 rings (SSSR count). The highest BCUT2D eigenvalue weighted by molar-refractivity contribution is 5.80. The Bertz CT molecular complexity index is 269. The highest BCUT2D eigenvalue weighted by Crippen LogP contribution is 2.27. The van der Waals surface area contributed by atoms with Gasteiger partial charge in [-0.2, -0.15) is 0 Å². The van der Waals surface area contributed by atoms with Gasteiger partial charge in [-0.05, 0) is 52.0 Å². The van der Waals surface area contributed by atoms with E-state index in [1.54, 1.807) is 0 Å². The summed E-state index contributed by atoms with van der Waals surface area (Å²) >= 11 is 0. The smallest absolute Gasteiger partial charge is 0.227 e. The molecule has 0 aromatic carbocycles. The number of carbonyl (C=O) groups is 1. The zero-order valence-electron chi connectivity index (χ0n) is 11.4. The molecule has 0 bridgehead atoms. The third-order valence-corrected chi connectivity index (χ3v) is 4.37. The van der Waals surface area contributed by atoms with Crippen molar-refractivity contribution >= 4 is 5.91 Å². The first-order valence-corrected chi connectivity index (χ1v) is 7.12. The second-order valence-corrected chi connectivity index (χ2v) is 6.07. The average Bonchev–Trinajstić information content (AvgIpc) is 2.28. The minimum atomic E-state index is 0.210. The van der Waals surface area contributed by atoms with Gasteiger partial charge in [-0.3, -0.25) is 4.79 Å². The zero-order chi connectivity index (χ0) is 12.4. The summed E-state index contributed by atoms with van der Waals surface area (Å²) in [5.41, 5.74) is 0. The van der Waals surface area contributed by atoms with Gasteiger partial charge in [0.2, 0.25) is 5.91 Å². The van der Waals surface area contributed by atoms with E-state index in [0.29, 0.717) is 23.9 Å². The van der Waals surface area contributed by atoms with Gasteiger partial charge in [0.25, 0.3) is 0 Å². The van der Waals surface area contributed by atoms with Crippen molar-refractivity contribution < 1.29 is 4.79 Å². The molecule has 0 radical (unpaired) electrons. The van der Waals surface area contributed by atoms with E-state index in [1.807, 2.05) is 0 Å². The van der Waals surface area contributed by atoms with Crippen LogP contribution in [0.3, 0.4) is 0 Å². The summed E-state index contributed by atoms with van der Waals surface area (Å²) < 4.78 is 0. The first kappa shape index (κ1) is 12.9. The Morgan fingerprint density at radius 3 is 2.35 bits per heavy atom. The third kappa shape index (κ3) is 2.82. The Morgan fingerprint density at radius 1 is 1.12 bits per heavy atom. The van der Waals surface area contributed by atoms with Gasteiger partial charge in [0, 0.05) is 18.6 Å². The number of nitrogens with one attached hydrogen (secondary N) is 1. The van der Waals surface area contributed by atoms with Gasteiger partial charge in [-0.1, -0.05) is 6.92 Å². The van der Waals surface area contributed by atoms with Crippen molar-refractivity contribution in [2.24, 2.45) is 11.8 Å². The molecular weight excluding hydrogens is 212 g/mol. The average molecular weight is 238 g/mol. The SMILES string of the molecule is CC1CNCC(C(=O)N2[C@H](C)CCC[C@@H]2C)C1. The van der Waals surface area contributed by atoms with Gasteiger partial charge in [-0.15, -0.1) is 0 Å². The summed E-state index contributed by atoms with van der Waals surface area (Å²) in [6.07, 6.45) is 4.67. The lowest BCUT2D eigenvalue weighted by Gasteiger charge is -2.42. The van der Waals surface area contributed by atoms with E-state index in [1.165, 1.54) is 19.3 Å². The van der Waals surface area contributed by atoms with Crippen molar-refractivity contribution in [3.05, 3.63) is 0 Å². The number of likely N-dealkylation sites (tertiary alicyclic amines) is 1. The molecule has 0 spiro atoms. The number of piperidine rings is 2. The molecule has 17 heavy (non-hydrogen) atoms. The quantitative estimate of drug-likeness (QED) is 0.758. The van der Waals surface area contributed by atoms with Crippen LogP contribution in [0, 0.1) is 11.8 Å². The Hall–Kier alpha value is -0.570. The van der Waals surface area contributed by atoms with Crippen molar-refractivity contribution in [3.8, 4) is 0 Å². The van der Waals surface area contributed by atoms with E-state index >= 15 is 0 Å². The summed E-state index contributed by atoms with van der Waals surface area (Å²) in [6, 6.07) is 0.868. The van der Waals surface area contributed by atoms with Crippen LogP contribution >= 0.6 is 0 Å².